The summed E-state index contributed by atoms with van der Waals surface area (Å²) in [6.07, 6.45) is 5.45. The molecule has 1 N–H and O–H groups in total. The van der Waals surface area contributed by atoms with Crippen LogP contribution in [0.5, 0.6) is 5.75 Å². The Balaban J connectivity index is 2.27. The molecule has 1 fully saturated rings. The van der Waals surface area contributed by atoms with Gasteiger partial charge in [-0.25, -0.2) is 0 Å². The van der Waals surface area contributed by atoms with Crippen LogP contribution in [-0.4, -0.2) is 12.6 Å². The van der Waals surface area contributed by atoms with E-state index in [2.05, 4.69) is 57.3 Å². The molecule has 0 bridgehead atoms. The zero-order chi connectivity index (χ0) is 15.2. The van der Waals surface area contributed by atoms with Gasteiger partial charge >= 0.3 is 0 Å². The Kier molecular flexibility index (Phi) is 6.10. The highest BCUT2D eigenvalue weighted by molar-refractivity contribution is 5.36. The van der Waals surface area contributed by atoms with E-state index in [9.17, 15) is 0 Å². The number of nitrogens with one attached hydrogen (secondary N) is 1. The first kappa shape index (κ1) is 16.4. The zero-order valence-electron chi connectivity index (χ0n) is 14.1. The van der Waals surface area contributed by atoms with E-state index in [0.29, 0.717) is 6.04 Å². The maximum atomic E-state index is 6.06. The second-order valence-corrected chi connectivity index (χ2v) is 6.71. The molecule has 2 rings (SSSR count). The van der Waals surface area contributed by atoms with E-state index in [4.69, 9.17) is 4.74 Å². The number of hydrogen-bond acceptors (Lipinski definition) is 2. The van der Waals surface area contributed by atoms with Crippen LogP contribution in [0.1, 0.15) is 65.0 Å². The van der Waals surface area contributed by atoms with Gasteiger partial charge in [-0.1, -0.05) is 44.9 Å². The molecule has 0 spiro atoms. The lowest BCUT2D eigenvalue weighted by molar-refractivity contribution is 0.229. The molecule has 0 amide bonds. The van der Waals surface area contributed by atoms with Crippen LogP contribution in [0.25, 0.3) is 0 Å². The fraction of sp³-hybridized carbons (Fsp3) is 0.684. The SMILES string of the molecule is CCCNC(c1ccccc1OC(C)C)C1CCCC1C. The van der Waals surface area contributed by atoms with Gasteiger partial charge in [0, 0.05) is 11.6 Å². The molecule has 1 aromatic carbocycles. The summed E-state index contributed by atoms with van der Waals surface area (Å²) >= 11 is 0. The van der Waals surface area contributed by atoms with E-state index < -0.39 is 0 Å². The van der Waals surface area contributed by atoms with Crippen LogP contribution in [0.2, 0.25) is 0 Å². The Morgan fingerprint density at radius 1 is 1.24 bits per heavy atom. The molecular formula is C19H31NO. The summed E-state index contributed by atoms with van der Waals surface area (Å²) < 4.78 is 6.06. The first-order valence-corrected chi connectivity index (χ1v) is 8.62. The minimum absolute atomic E-state index is 0.221. The molecular weight excluding hydrogens is 258 g/mol. The Morgan fingerprint density at radius 2 is 2.00 bits per heavy atom. The molecule has 0 aliphatic heterocycles. The van der Waals surface area contributed by atoms with Crippen molar-refractivity contribution in [3.63, 3.8) is 0 Å². The fourth-order valence-corrected chi connectivity index (χ4v) is 3.56. The van der Waals surface area contributed by atoms with E-state index in [1.807, 2.05) is 0 Å². The fourth-order valence-electron chi connectivity index (χ4n) is 3.56. The third-order valence-electron chi connectivity index (χ3n) is 4.59. The van der Waals surface area contributed by atoms with Crippen molar-refractivity contribution >= 4 is 0 Å². The monoisotopic (exact) mass is 289 g/mol. The first-order chi connectivity index (χ1) is 10.1. The van der Waals surface area contributed by atoms with Crippen LogP contribution in [-0.2, 0) is 0 Å². The maximum Gasteiger partial charge on any atom is 0.124 e. The van der Waals surface area contributed by atoms with Crippen molar-refractivity contribution < 1.29 is 4.74 Å². The molecule has 2 nitrogen and oxygen atoms in total. The zero-order valence-corrected chi connectivity index (χ0v) is 14.1. The van der Waals surface area contributed by atoms with Gasteiger partial charge in [0.15, 0.2) is 0 Å². The number of para-hydroxylation sites is 1. The highest BCUT2D eigenvalue weighted by atomic mass is 16.5. The lowest BCUT2D eigenvalue weighted by Crippen LogP contribution is -2.31. The van der Waals surface area contributed by atoms with Gasteiger partial charge in [-0.2, -0.15) is 0 Å². The average Bonchev–Trinajstić information content (AvgIpc) is 2.87. The van der Waals surface area contributed by atoms with Gasteiger partial charge in [0.25, 0.3) is 0 Å². The van der Waals surface area contributed by atoms with Gasteiger partial charge in [-0.05, 0) is 51.1 Å². The third-order valence-corrected chi connectivity index (χ3v) is 4.59. The Hall–Kier alpha value is -1.02. The molecule has 1 aromatic rings. The Morgan fingerprint density at radius 3 is 2.62 bits per heavy atom. The molecule has 0 saturated heterocycles. The molecule has 3 unspecified atom stereocenters. The summed E-state index contributed by atoms with van der Waals surface area (Å²) in [6.45, 7) is 9.92. The van der Waals surface area contributed by atoms with Crippen molar-refractivity contribution in [3.05, 3.63) is 29.8 Å². The molecule has 0 aromatic heterocycles. The normalized spacial score (nSPS) is 23.5. The average molecular weight is 289 g/mol. The van der Waals surface area contributed by atoms with E-state index in [-0.39, 0.29) is 6.10 Å². The van der Waals surface area contributed by atoms with Crippen LogP contribution in [0.3, 0.4) is 0 Å². The highest BCUT2D eigenvalue weighted by Gasteiger charge is 2.32. The predicted molar refractivity (Wildman–Crippen MR) is 89.7 cm³/mol. The standard InChI is InChI=1S/C19H31NO/c1-5-13-20-19(16-11-8-9-15(16)4)17-10-6-7-12-18(17)21-14(2)3/h6-7,10,12,14-16,19-20H,5,8-9,11,13H2,1-4H3. The van der Waals surface area contributed by atoms with Gasteiger partial charge < -0.3 is 10.1 Å². The summed E-state index contributed by atoms with van der Waals surface area (Å²) in [5, 5.41) is 3.79. The molecule has 118 valence electrons. The quantitative estimate of drug-likeness (QED) is 0.766. The third kappa shape index (κ3) is 4.23. The number of rotatable bonds is 7. The van der Waals surface area contributed by atoms with E-state index in [1.165, 1.54) is 31.2 Å². The van der Waals surface area contributed by atoms with Gasteiger partial charge in [0.1, 0.15) is 5.75 Å². The molecule has 21 heavy (non-hydrogen) atoms. The van der Waals surface area contributed by atoms with Crippen LogP contribution in [0, 0.1) is 11.8 Å². The van der Waals surface area contributed by atoms with Crippen molar-refractivity contribution in [1.29, 1.82) is 0 Å². The van der Waals surface area contributed by atoms with Gasteiger partial charge in [0.05, 0.1) is 6.10 Å². The predicted octanol–water partition coefficient (Wildman–Crippen LogP) is 4.95. The number of benzene rings is 1. The lowest BCUT2D eigenvalue weighted by atomic mass is 9.85. The van der Waals surface area contributed by atoms with Crippen molar-refractivity contribution in [1.82, 2.24) is 5.32 Å². The van der Waals surface area contributed by atoms with Crippen LogP contribution >= 0.6 is 0 Å². The second kappa shape index (κ2) is 7.84. The first-order valence-electron chi connectivity index (χ1n) is 8.62. The summed E-state index contributed by atoms with van der Waals surface area (Å²) in [5.74, 6) is 2.58. The smallest absolute Gasteiger partial charge is 0.124 e. The number of hydrogen-bond donors (Lipinski definition) is 1. The molecule has 1 aliphatic carbocycles. The van der Waals surface area contributed by atoms with Crippen LogP contribution in [0.15, 0.2) is 24.3 Å². The summed E-state index contributed by atoms with van der Waals surface area (Å²) in [6, 6.07) is 9.02. The molecule has 3 atom stereocenters. The topological polar surface area (TPSA) is 21.3 Å². The number of ether oxygens (including phenoxy) is 1. The van der Waals surface area contributed by atoms with Gasteiger partial charge in [-0.3, -0.25) is 0 Å². The van der Waals surface area contributed by atoms with E-state index >= 15 is 0 Å². The van der Waals surface area contributed by atoms with Crippen LogP contribution < -0.4 is 10.1 Å². The molecule has 0 radical (unpaired) electrons. The summed E-state index contributed by atoms with van der Waals surface area (Å²) in [7, 11) is 0. The molecule has 1 aliphatic rings. The minimum atomic E-state index is 0.221. The van der Waals surface area contributed by atoms with Crippen molar-refractivity contribution in [2.75, 3.05) is 6.54 Å². The second-order valence-electron chi connectivity index (χ2n) is 6.71. The minimum Gasteiger partial charge on any atom is -0.491 e. The van der Waals surface area contributed by atoms with Crippen molar-refractivity contribution in [2.24, 2.45) is 11.8 Å². The lowest BCUT2D eigenvalue weighted by Gasteiger charge is -2.30. The van der Waals surface area contributed by atoms with Crippen molar-refractivity contribution in [3.8, 4) is 5.75 Å². The maximum absolute atomic E-state index is 6.06. The van der Waals surface area contributed by atoms with E-state index in [1.54, 1.807) is 0 Å². The summed E-state index contributed by atoms with van der Waals surface area (Å²) in [5.41, 5.74) is 1.35. The van der Waals surface area contributed by atoms with Gasteiger partial charge in [0.2, 0.25) is 0 Å². The molecule has 0 heterocycles. The molecule has 2 heteroatoms. The summed E-state index contributed by atoms with van der Waals surface area (Å²) in [4.78, 5) is 0. The highest BCUT2D eigenvalue weighted by Crippen LogP contribution is 2.42. The van der Waals surface area contributed by atoms with Gasteiger partial charge in [-0.15, -0.1) is 0 Å². The Bertz CT molecular complexity index is 429. The Labute approximate surface area is 130 Å². The van der Waals surface area contributed by atoms with E-state index in [0.717, 1.165) is 24.1 Å². The van der Waals surface area contributed by atoms with Crippen molar-refractivity contribution in [2.45, 2.75) is 65.5 Å². The van der Waals surface area contributed by atoms with Crippen LogP contribution in [0.4, 0.5) is 0 Å². The molecule has 1 saturated carbocycles. The largest absolute Gasteiger partial charge is 0.491 e.